The molecular formula is C23H26N2O8S. The third-order valence-corrected chi connectivity index (χ3v) is 7.18. The topological polar surface area (TPSA) is 112 Å². The number of anilines is 1. The molecule has 2 aromatic rings. The molecule has 34 heavy (non-hydrogen) atoms. The average molecular weight is 491 g/mol. The first-order valence-electron chi connectivity index (χ1n) is 10.9. The van der Waals surface area contributed by atoms with Gasteiger partial charge < -0.3 is 23.8 Å². The molecule has 0 atom stereocenters. The van der Waals surface area contributed by atoms with Crippen LogP contribution in [0.1, 0.15) is 17.3 Å². The summed E-state index contributed by atoms with van der Waals surface area (Å²) in [5.74, 6) is -0.0806. The Balaban J connectivity index is 1.68. The highest BCUT2D eigenvalue weighted by Gasteiger charge is 2.31. The first-order chi connectivity index (χ1) is 16.4. The third-order valence-electron chi connectivity index (χ3n) is 5.41. The van der Waals surface area contributed by atoms with Crippen LogP contribution >= 0.6 is 0 Å². The van der Waals surface area contributed by atoms with Crippen molar-refractivity contribution in [2.24, 2.45) is 0 Å². The number of fused-ring (bicyclic) bond motifs is 1. The second kappa shape index (κ2) is 10.3. The molecule has 1 amide bonds. The second-order valence-electron chi connectivity index (χ2n) is 7.58. The van der Waals surface area contributed by atoms with Crippen LogP contribution in [-0.2, 0) is 24.3 Å². The lowest BCUT2D eigenvalue weighted by molar-refractivity contribution is -0.133. The first kappa shape index (κ1) is 23.8. The van der Waals surface area contributed by atoms with Gasteiger partial charge in [-0.2, -0.15) is 0 Å². The van der Waals surface area contributed by atoms with E-state index < -0.39 is 22.5 Å². The van der Waals surface area contributed by atoms with Crippen LogP contribution in [0.5, 0.6) is 11.5 Å². The molecule has 0 aliphatic carbocycles. The van der Waals surface area contributed by atoms with E-state index in [-0.39, 0.29) is 28.7 Å². The molecule has 1 fully saturated rings. The van der Waals surface area contributed by atoms with Crippen LogP contribution in [0.15, 0.2) is 47.4 Å². The van der Waals surface area contributed by atoms with E-state index in [9.17, 15) is 18.0 Å². The summed E-state index contributed by atoms with van der Waals surface area (Å²) in [6.07, 6.45) is 0. The maximum atomic E-state index is 13.7. The van der Waals surface area contributed by atoms with Crippen molar-refractivity contribution in [3.8, 4) is 11.5 Å². The van der Waals surface area contributed by atoms with Gasteiger partial charge in [-0.05, 0) is 43.3 Å². The number of carbonyl (C=O) groups excluding carboxylic acids is 2. The molecule has 182 valence electrons. The lowest BCUT2D eigenvalue weighted by Crippen LogP contribution is -2.47. The van der Waals surface area contributed by atoms with Gasteiger partial charge in [-0.15, -0.1) is 0 Å². The quantitative estimate of drug-likeness (QED) is 0.539. The van der Waals surface area contributed by atoms with E-state index in [0.29, 0.717) is 51.0 Å². The van der Waals surface area contributed by atoms with Crippen LogP contribution in [-0.4, -0.2) is 77.9 Å². The van der Waals surface area contributed by atoms with Crippen molar-refractivity contribution < 1.29 is 37.0 Å². The van der Waals surface area contributed by atoms with Crippen molar-refractivity contribution in [3.63, 3.8) is 0 Å². The highest BCUT2D eigenvalue weighted by molar-refractivity contribution is 7.92. The van der Waals surface area contributed by atoms with Crippen molar-refractivity contribution >= 4 is 27.6 Å². The van der Waals surface area contributed by atoms with Crippen LogP contribution in [0, 0.1) is 0 Å². The average Bonchev–Trinajstić information content (AvgIpc) is 2.87. The summed E-state index contributed by atoms with van der Waals surface area (Å²) >= 11 is 0. The van der Waals surface area contributed by atoms with Gasteiger partial charge in [0.1, 0.15) is 19.8 Å². The lowest BCUT2D eigenvalue weighted by atomic mass is 10.2. The van der Waals surface area contributed by atoms with E-state index in [1.165, 1.54) is 42.5 Å². The zero-order chi connectivity index (χ0) is 24.1. The molecule has 2 heterocycles. The molecule has 0 saturated carbocycles. The smallest absolute Gasteiger partial charge is 0.338 e. The highest BCUT2D eigenvalue weighted by Crippen LogP contribution is 2.34. The number of rotatable bonds is 7. The summed E-state index contributed by atoms with van der Waals surface area (Å²) in [7, 11) is -4.16. The largest absolute Gasteiger partial charge is 0.486 e. The van der Waals surface area contributed by atoms with Gasteiger partial charge in [0.25, 0.3) is 10.0 Å². The summed E-state index contributed by atoms with van der Waals surface area (Å²) in [4.78, 5) is 26.5. The van der Waals surface area contributed by atoms with Crippen molar-refractivity contribution in [1.29, 1.82) is 0 Å². The van der Waals surface area contributed by atoms with E-state index in [1.807, 2.05) is 0 Å². The summed E-state index contributed by atoms with van der Waals surface area (Å²) in [6, 6.07) is 10.2. The predicted octanol–water partition coefficient (Wildman–Crippen LogP) is 1.69. The van der Waals surface area contributed by atoms with Gasteiger partial charge in [0.15, 0.2) is 11.5 Å². The van der Waals surface area contributed by atoms with Crippen LogP contribution < -0.4 is 13.8 Å². The van der Waals surface area contributed by atoms with Gasteiger partial charge in [0.05, 0.1) is 36.0 Å². The fraction of sp³-hybridized carbons (Fsp3) is 0.391. The zero-order valence-electron chi connectivity index (χ0n) is 18.8. The normalized spacial score (nSPS) is 15.5. The van der Waals surface area contributed by atoms with Crippen LogP contribution in [0.3, 0.4) is 0 Å². The highest BCUT2D eigenvalue weighted by atomic mass is 32.2. The van der Waals surface area contributed by atoms with Crippen molar-refractivity contribution in [2.75, 3.05) is 57.0 Å². The molecule has 2 aromatic carbocycles. The standard InChI is InChI=1S/C23H26N2O8S/c1-2-31-23(27)17-3-5-18(6-4-17)25(16-22(26)24-9-11-30-12-10-24)34(28,29)19-7-8-20-21(15-19)33-14-13-32-20/h3-8,15H,2,9-14,16H2,1H3. The molecule has 0 unspecified atom stereocenters. The van der Waals surface area contributed by atoms with E-state index in [1.54, 1.807) is 11.8 Å². The Morgan fingerprint density at radius 2 is 1.65 bits per heavy atom. The van der Waals surface area contributed by atoms with Crippen LogP contribution in [0.4, 0.5) is 5.69 Å². The van der Waals surface area contributed by atoms with Crippen molar-refractivity contribution in [1.82, 2.24) is 4.90 Å². The summed E-state index contributed by atoms with van der Waals surface area (Å²) < 4.78 is 49.7. The third kappa shape index (κ3) is 5.10. The van der Waals surface area contributed by atoms with E-state index >= 15 is 0 Å². The molecule has 2 aliphatic rings. The van der Waals surface area contributed by atoms with E-state index in [4.69, 9.17) is 18.9 Å². The van der Waals surface area contributed by atoms with Gasteiger partial charge in [-0.1, -0.05) is 0 Å². The minimum absolute atomic E-state index is 0.0407. The number of hydrogen-bond acceptors (Lipinski definition) is 8. The van der Waals surface area contributed by atoms with Gasteiger partial charge in [-0.25, -0.2) is 13.2 Å². The molecule has 0 bridgehead atoms. The molecule has 0 aromatic heterocycles. The van der Waals surface area contributed by atoms with Gasteiger partial charge >= 0.3 is 5.97 Å². The molecule has 10 nitrogen and oxygen atoms in total. The Kier molecular flexibility index (Phi) is 7.23. The molecular weight excluding hydrogens is 464 g/mol. The summed E-state index contributed by atoms with van der Waals surface area (Å²) in [5.41, 5.74) is 0.520. The molecule has 11 heteroatoms. The Hall–Kier alpha value is -3.31. The summed E-state index contributed by atoms with van der Waals surface area (Å²) in [5, 5.41) is 0. The molecule has 1 saturated heterocycles. The fourth-order valence-corrected chi connectivity index (χ4v) is 5.07. The van der Waals surface area contributed by atoms with Crippen LogP contribution in [0.25, 0.3) is 0 Å². The zero-order valence-corrected chi connectivity index (χ0v) is 19.6. The number of nitrogens with zero attached hydrogens (tertiary/aromatic N) is 2. The number of benzene rings is 2. The SMILES string of the molecule is CCOC(=O)c1ccc(N(CC(=O)N2CCOCC2)S(=O)(=O)c2ccc3c(c2)OCCO3)cc1. The Labute approximate surface area is 198 Å². The minimum atomic E-state index is -4.16. The van der Waals surface area contributed by atoms with E-state index in [0.717, 1.165) is 4.31 Å². The monoisotopic (exact) mass is 490 g/mol. The van der Waals surface area contributed by atoms with Gasteiger partial charge in [0, 0.05) is 19.2 Å². The maximum absolute atomic E-state index is 13.7. The Morgan fingerprint density at radius 3 is 2.32 bits per heavy atom. The number of amides is 1. The summed E-state index contributed by atoms with van der Waals surface area (Å²) in [6.45, 7) is 3.78. The second-order valence-corrected chi connectivity index (χ2v) is 9.44. The van der Waals surface area contributed by atoms with Crippen LogP contribution in [0.2, 0.25) is 0 Å². The maximum Gasteiger partial charge on any atom is 0.338 e. The Bertz CT molecular complexity index is 1140. The molecule has 0 spiro atoms. The predicted molar refractivity (Wildman–Crippen MR) is 122 cm³/mol. The molecule has 0 N–H and O–H groups in total. The number of morpholine rings is 1. The first-order valence-corrected chi connectivity index (χ1v) is 12.4. The van der Waals surface area contributed by atoms with E-state index in [2.05, 4.69) is 0 Å². The van der Waals surface area contributed by atoms with Crippen molar-refractivity contribution in [3.05, 3.63) is 48.0 Å². The lowest BCUT2D eigenvalue weighted by Gasteiger charge is -2.31. The fourth-order valence-electron chi connectivity index (χ4n) is 3.64. The van der Waals surface area contributed by atoms with Gasteiger partial charge in [0.2, 0.25) is 5.91 Å². The molecule has 4 rings (SSSR count). The molecule has 2 aliphatic heterocycles. The number of carbonyl (C=O) groups is 2. The molecule has 0 radical (unpaired) electrons. The Morgan fingerprint density at radius 1 is 0.971 bits per heavy atom. The van der Waals surface area contributed by atoms with Crippen molar-refractivity contribution in [2.45, 2.75) is 11.8 Å². The number of esters is 1. The van der Waals surface area contributed by atoms with Gasteiger partial charge in [-0.3, -0.25) is 9.10 Å². The minimum Gasteiger partial charge on any atom is -0.486 e. The number of ether oxygens (including phenoxy) is 4. The number of hydrogen-bond donors (Lipinski definition) is 0. The number of sulfonamides is 1.